The van der Waals surface area contributed by atoms with E-state index in [9.17, 15) is 4.79 Å². The molecule has 1 aromatic rings. The fourth-order valence-corrected chi connectivity index (χ4v) is 2.00. The Kier molecular flexibility index (Phi) is 2.85. The van der Waals surface area contributed by atoms with Crippen LogP contribution in [0.15, 0.2) is 24.5 Å². The average molecular weight is 205 g/mol. The lowest BCUT2D eigenvalue weighted by Gasteiger charge is -2.32. The highest BCUT2D eigenvalue weighted by Gasteiger charge is 2.23. The second-order valence-electron chi connectivity index (χ2n) is 3.89. The van der Waals surface area contributed by atoms with Gasteiger partial charge in [-0.25, -0.2) is 0 Å². The molecule has 1 saturated heterocycles. The van der Waals surface area contributed by atoms with Gasteiger partial charge in [-0.1, -0.05) is 0 Å². The number of hydrogen-bond donors (Lipinski definition) is 1. The van der Waals surface area contributed by atoms with Crippen LogP contribution in [0.4, 0.5) is 5.69 Å². The maximum Gasteiger partial charge on any atom is 0.222 e. The summed E-state index contributed by atoms with van der Waals surface area (Å²) in [5.74, 6) is -0.194. The van der Waals surface area contributed by atoms with Gasteiger partial charge in [-0.2, -0.15) is 0 Å². The van der Waals surface area contributed by atoms with Crippen molar-refractivity contribution in [1.29, 1.82) is 0 Å². The van der Waals surface area contributed by atoms with E-state index in [2.05, 4.69) is 9.88 Å². The monoisotopic (exact) mass is 205 g/mol. The zero-order chi connectivity index (χ0) is 10.7. The van der Waals surface area contributed by atoms with E-state index in [1.807, 2.05) is 12.1 Å². The molecular weight excluding hydrogens is 190 g/mol. The number of nitrogens with zero attached hydrogens (tertiary/aromatic N) is 2. The number of hydrogen-bond acceptors (Lipinski definition) is 3. The van der Waals surface area contributed by atoms with E-state index in [0.717, 1.165) is 31.6 Å². The second kappa shape index (κ2) is 4.29. The van der Waals surface area contributed by atoms with Crippen molar-refractivity contribution in [3.63, 3.8) is 0 Å². The number of rotatable bonds is 2. The minimum atomic E-state index is -0.186. The number of amides is 1. The molecule has 0 saturated carbocycles. The second-order valence-corrected chi connectivity index (χ2v) is 3.89. The number of piperidine rings is 1. The third kappa shape index (κ3) is 2.26. The fraction of sp³-hybridized carbons (Fsp3) is 0.455. The van der Waals surface area contributed by atoms with E-state index in [0.29, 0.717) is 0 Å². The van der Waals surface area contributed by atoms with Crippen LogP contribution in [0.5, 0.6) is 0 Å². The molecule has 1 unspecified atom stereocenters. The summed E-state index contributed by atoms with van der Waals surface area (Å²) in [4.78, 5) is 17.3. The van der Waals surface area contributed by atoms with Crippen LogP contribution in [0.3, 0.4) is 0 Å². The number of carbonyl (C=O) groups is 1. The molecule has 4 nitrogen and oxygen atoms in total. The Hall–Kier alpha value is -1.58. The average Bonchev–Trinajstić information content (AvgIpc) is 2.30. The van der Waals surface area contributed by atoms with Crippen molar-refractivity contribution in [2.24, 2.45) is 11.7 Å². The van der Waals surface area contributed by atoms with E-state index in [4.69, 9.17) is 5.73 Å². The zero-order valence-electron chi connectivity index (χ0n) is 8.60. The zero-order valence-corrected chi connectivity index (χ0v) is 8.60. The van der Waals surface area contributed by atoms with Crippen molar-refractivity contribution < 1.29 is 4.79 Å². The topological polar surface area (TPSA) is 59.2 Å². The van der Waals surface area contributed by atoms with Gasteiger partial charge in [-0.3, -0.25) is 9.78 Å². The molecule has 2 rings (SSSR count). The number of pyridine rings is 1. The summed E-state index contributed by atoms with van der Waals surface area (Å²) in [7, 11) is 0. The molecule has 1 fully saturated rings. The summed E-state index contributed by atoms with van der Waals surface area (Å²) in [5.41, 5.74) is 6.45. The summed E-state index contributed by atoms with van der Waals surface area (Å²) in [6, 6.07) is 3.92. The summed E-state index contributed by atoms with van der Waals surface area (Å²) in [5, 5.41) is 0. The highest BCUT2D eigenvalue weighted by atomic mass is 16.1. The van der Waals surface area contributed by atoms with Gasteiger partial charge in [-0.05, 0) is 25.0 Å². The first kappa shape index (κ1) is 9.96. The third-order valence-electron chi connectivity index (χ3n) is 2.85. The van der Waals surface area contributed by atoms with Crippen LogP contribution in [-0.2, 0) is 4.79 Å². The summed E-state index contributed by atoms with van der Waals surface area (Å²) >= 11 is 0. The molecule has 4 heteroatoms. The van der Waals surface area contributed by atoms with E-state index in [-0.39, 0.29) is 11.8 Å². The van der Waals surface area contributed by atoms with Crippen molar-refractivity contribution in [3.05, 3.63) is 24.5 Å². The first-order chi connectivity index (χ1) is 7.27. The molecule has 0 aliphatic carbocycles. The largest absolute Gasteiger partial charge is 0.371 e. The Bertz CT molecular complexity index is 339. The fourth-order valence-electron chi connectivity index (χ4n) is 2.00. The predicted molar refractivity (Wildman–Crippen MR) is 58.4 cm³/mol. The molecule has 1 aliphatic rings. The molecule has 1 amide bonds. The molecule has 1 aromatic heterocycles. The molecule has 0 radical (unpaired) electrons. The summed E-state index contributed by atoms with van der Waals surface area (Å²) in [6.45, 7) is 1.73. The van der Waals surface area contributed by atoms with Crippen molar-refractivity contribution in [2.75, 3.05) is 18.0 Å². The lowest BCUT2D eigenvalue weighted by Crippen LogP contribution is -2.41. The third-order valence-corrected chi connectivity index (χ3v) is 2.85. The number of carbonyl (C=O) groups excluding carboxylic acids is 1. The summed E-state index contributed by atoms with van der Waals surface area (Å²) in [6.07, 6.45) is 5.47. The van der Waals surface area contributed by atoms with Gasteiger partial charge in [0.15, 0.2) is 0 Å². The Morgan fingerprint density at radius 1 is 1.47 bits per heavy atom. The van der Waals surface area contributed by atoms with Crippen LogP contribution >= 0.6 is 0 Å². The molecule has 15 heavy (non-hydrogen) atoms. The quantitative estimate of drug-likeness (QED) is 0.776. The van der Waals surface area contributed by atoms with Crippen LogP contribution in [-0.4, -0.2) is 24.0 Å². The van der Waals surface area contributed by atoms with Gasteiger partial charge < -0.3 is 10.6 Å². The molecule has 0 bridgehead atoms. The SMILES string of the molecule is NC(=O)C1CCCN(c2ccncc2)C1. The maximum atomic E-state index is 11.1. The van der Waals surface area contributed by atoms with Crippen LogP contribution < -0.4 is 10.6 Å². The Morgan fingerprint density at radius 2 is 2.20 bits per heavy atom. The van der Waals surface area contributed by atoms with Crippen LogP contribution in [0.25, 0.3) is 0 Å². The predicted octanol–water partition coefficient (Wildman–Crippen LogP) is 0.783. The first-order valence-corrected chi connectivity index (χ1v) is 5.21. The van der Waals surface area contributed by atoms with Crippen molar-refractivity contribution in [1.82, 2.24) is 4.98 Å². The van der Waals surface area contributed by atoms with Gasteiger partial charge in [0.2, 0.25) is 5.91 Å². The Balaban J connectivity index is 2.08. The Labute approximate surface area is 89.1 Å². The molecule has 1 aliphatic heterocycles. The van der Waals surface area contributed by atoms with Gasteiger partial charge in [0.25, 0.3) is 0 Å². The number of nitrogens with two attached hydrogens (primary N) is 1. The van der Waals surface area contributed by atoms with Gasteiger partial charge in [-0.15, -0.1) is 0 Å². The van der Waals surface area contributed by atoms with Crippen LogP contribution in [0, 0.1) is 5.92 Å². The van der Waals surface area contributed by atoms with E-state index < -0.39 is 0 Å². The van der Waals surface area contributed by atoms with Gasteiger partial charge in [0.1, 0.15) is 0 Å². The minimum Gasteiger partial charge on any atom is -0.371 e. The van der Waals surface area contributed by atoms with Gasteiger partial charge >= 0.3 is 0 Å². The lowest BCUT2D eigenvalue weighted by molar-refractivity contribution is -0.122. The van der Waals surface area contributed by atoms with Crippen molar-refractivity contribution >= 4 is 11.6 Å². The van der Waals surface area contributed by atoms with Crippen molar-refractivity contribution in [3.8, 4) is 0 Å². The normalized spacial score (nSPS) is 21.3. The lowest BCUT2D eigenvalue weighted by atomic mass is 9.97. The molecule has 0 aromatic carbocycles. The van der Waals surface area contributed by atoms with E-state index in [1.54, 1.807) is 12.4 Å². The van der Waals surface area contributed by atoms with E-state index >= 15 is 0 Å². The molecule has 2 N–H and O–H groups in total. The van der Waals surface area contributed by atoms with Crippen molar-refractivity contribution in [2.45, 2.75) is 12.8 Å². The molecule has 1 atom stereocenters. The Morgan fingerprint density at radius 3 is 2.87 bits per heavy atom. The first-order valence-electron chi connectivity index (χ1n) is 5.21. The highest BCUT2D eigenvalue weighted by Crippen LogP contribution is 2.21. The molecule has 2 heterocycles. The van der Waals surface area contributed by atoms with Gasteiger partial charge in [0.05, 0.1) is 5.92 Å². The summed E-state index contributed by atoms with van der Waals surface area (Å²) < 4.78 is 0. The standard InChI is InChI=1S/C11H15N3O/c12-11(15)9-2-1-7-14(8-9)10-3-5-13-6-4-10/h3-6,9H,1-2,7-8H2,(H2,12,15). The molecule has 80 valence electrons. The van der Waals surface area contributed by atoms with E-state index in [1.165, 1.54) is 0 Å². The maximum absolute atomic E-state index is 11.1. The molecular formula is C11H15N3O. The van der Waals surface area contributed by atoms with Crippen LogP contribution in [0.1, 0.15) is 12.8 Å². The number of aromatic nitrogens is 1. The number of anilines is 1. The van der Waals surface area contributed by atoms with Crippen LogP contribution in [0.2, 0.25) is 0 Å². The molecule has 0 spiro atoms. The highest BCUT2D eigenvalue weighted by molar-refractivity contribution is 5.77. The smallest absolute Gasteiger partial charge is 0.222 e. The number of primary amides is 1. The minimum absolute atomic E-state index is 0.00749. The van der Waals surface area contributed by atoms with Gasteiger partial charge in [0, 0.05) is 31.2 Å².